The first kappa shape index (κ1) is 36.1. The smallest absolute Gasteiger partial charge is 0.337 e. The van der Waals surface area contributed by atoms with Crippen molar-refractivity contribution in [2.24, 2.45) is 0 Å². The predicted molar refractivity (Wildman–Crippen MR) is 233 cm³/mol. The van der Waals surface area contributed by atoms with Crippen LogP contribution in [0.3, 0.4) is 0 Å². The molecule has 0 atom stereocenters. The maximum Gasteiger partial charge on any atom is 0.337 e. The molecular formula is C50H38N4O4. The first-order valence-electron chi connectivity index (χ1n) is 19.0. The molecule has 8 nitrogen and oxygen atoms in total. The Bertz CT molecular complexity index is 2780. The number of H-pyrrole nitrogens is 2. The van der Waals surface area contributed by atoms with Gasteiger partial charge in [-0.15, -0.1) is 0 Å². The second-order valence-electron chi connectivity index (χ2n) is 14.4. The maximum atomic E-state index is 12.4. The number of nitrogens with zero attached hydrogens (tertiary/aromatic N) is 2. The topological polar surface area (TPSA) is 110 Å². The zero-order valence-corrected chi connectivity index (χ0v) is 32.4. The van der Waals surface area contributed by atoms with E-state index >= 15 is 0 Å². The number of aromatic amines is 2. The number of nitrogens with one attached hydrogen (secondary N) is 2. The fourth-order valence-corrected chi connectivity index (χ4v) is 7.64. The van der Waals surface area contributed by atoms with Crippen LogP contribution >= 0.6 is 0 Å². The van der Waals surface area contributed by atoms with Crippen LogP contribution in [0.25, 0.3) is 90.9 Å². The van der Waals surface area contributed by atoms with Crippen molar-refractivity contribution in [3.05, 3.63) is 166 Å². The molecule has 0 saturated heterocycles. The Hall–Kier alpha value is -7.58. The SMILES string of the molecule is COC(=O)c1ccc(-c2c3nc(c(-c4ccc(C)cc4)c4ccc([nH]4)c(-c4ccc(C(=O)OC)cc4)c4nc(c(-c5ccc(C)cc5)c5ccc2[nH]5)C=C4)C=C3)cc1. The molecule has 282 valence electrons. The summed E-state index contributed by atoms with van der Waals surface area (Å²) in [7, 11) is 2.76. The van der Waals surface area contributed by atoms with Crippen molar-refractivity contribution in [1.82, 2.24) is 19.9 Å². The lowest BCUT2D eigenvalue weighted by atomic mass is 10.0. The van der Waals surface area contributed by atoms with Gasteiger partial charge in [0, 0.05) is 44.3 Å². The van der Waals surface area contributed by atoms with E-state index in [-0.39, 0.29) is 0 Å². The molecular weight excluding hydrogens is 721 g/mol. The predicted octanol–water partition coefficient (Wildman–Crippen LogP) is 11.5. The number of aromatic nitrogens is 4. The highest BCUT2D eigenvalue weighted by Gasteiger charge is 2.20. The van der Waals surface area contributed by atoms with Crippen LogP contribution in [0.5, 0.6) is 0 Å². The Morgan fingerprint density at radius 3 is 0.914 bits per heavy atom. The average molecular weight is 759 g/mol. The van der Waals surface area contributed by atoms with Gasteiger partial charge in [-0.25, -0.2) is 19.6 Å². The summed E-state index contributed by atoms with van der Waals surface area (Å²) in [6.45, 7) is 4.15. The van der Waals surface area contributed by atoms with Crippen molar-refractivity contribution in [1.29, 1.82) is 0 Å². The molecule has 0 aliphatic carbocycles. The third-order valence-corrected chi connectivity index (χ3v) is 10.6. The molecule has 0 radical (unpaired) electrons. The number of hydrogen-bond donors (Lipinski definition) is 2. The number of hydrogen-bond acceptors (Lipinski definition) is 6. The molecule has 9 rings (SSSR count). The summed E-state index contributed by atoms with van der Waals surface area (Å²) in [5.74, 6) is -0.795. The molecule has 2 N–H and O–H groups in total. The zero-order valence-electron chi connectivity index (χ0n) is 32.4. The number of esters is 2. The van der Waals surface area contributed by atoms with E-state index in [2.05, 4.69) is 109 Å². The lowest BCUT2D eigenvalue weighted by Gasteiger charge is -2.08. The van der Waals surface area contributed by atoms with Gasteiger partial charge < -0.3 is 19.4 Å². The van der Waals surface area contributed by atoms with Gasteiger partial charge in [0.15, 0.2) is 0 Å². The summed E-state index contributed by atoms with van der Waals surface area (Å²) >= 11 is 0. The Balaban J connectivity index is 1.42. The van der Waals surface area contributed by atoms with Gasteiger partial charge in [0.05, 0.1) is 48.1 Å². The van der Waals surface area contributed by atoms with Gasteiger partial charge in [0.1, 0.15) is 0 Å². The van der Waals surface area contributed by atoms with Gasteiger partial charge in [-0.2, -0.15) is 0 Å². The minimum Gasteiger partial charge on any atom is -0.465 e. The Kier molecular flexibility index (Phi) is 9.22. The largest absolute Gasteiger partial charge is 0.465 e. The first-order valence-corrected chi connectivity index (χ1v) is 19.0. The monoisotopic (exact) mass is 758 g/mol. The fraction of sp³-hybridized carbons (Fsp3) is 0.0800. The highest BCUT2D eigenvalue weighted by Crippen LogP contribution is 2.38. The summed E-state index contributed by atoms with van der Waals surface area (Å²) in [4.78, 5) is 43.1. The Morgan fingerprint density at radius 1 is 0.397 bits per heavy atom. The highest BCUT2D eigenvalue weighted by molar-refractivity contribution is 6.00. The number of methoxy groups -OCH3 is 2. The lowest BCUT2D eigenvalue weighted by molar-refractivity contribution is 0.0592. The van der Waals surface area contributed by atoms with Crippen LogP contribution in [0.1, 0.15) is 54.6 Å². The van der Waals surface area contributed by atoms with Crippen molar-refractivity contribution in [2.45, 2.75) is 13.8 Å². The molecule has 7 aromatic rings. The minimum absolute atomic E-state index is 0.398. The normalized spacial score (nSPS) is 11.8. The van der Waals surface area contributed by atoms with Crippen molar-refractivity contribution in [2.75, 3.05) is 14.2 Å². The van der Waals surface area contributed by atoms with Crippen LogP contribution < -0.4 is 0 Å². The standard InChI is InChI=1S/C50H38N4O4/c1-29-5-9-31(10-6-29)45-37-21-25-41(51-37)47(33-13-17-35(18-14-33)49(55)57-3)43-27-23-39(53-43)46(32-11-7-30(2)8-12-32)40-24-28-44(54-40)48(42-26-22-38(45)52-42)34-15-19-36(20-16-34)50(56)58-4/h5-28,51,54H,1-4H3. The van der Waals surface area contributed by atoms with E-state index in [1.165, 1.54) is 14.2 Å². The summed E-state index contributed by atoms with van der Waals surface area (Å²) in [5, 5.41) is 0. The third-order valence-electron chi connectivity index (χ3n) is 10.6. The van der Waals surface area contributed by atoms with E-state index in [0.717, 1.165) is 100 Å². The lowest BCUT2D eigenvalue weighted by Crippen LogP contribution is -2.00. The molecule has 58 heavy (non-hydrogen) atoms. The van der Waals surface area contributed by atoms with Gasteiger partial charge in [0.25, 0.3) is 0 Å². The number of fused-ring (bicyclic) bond motifs is 8. The maximum absolute atomic E-state index is 12.4. The Morgan fingerprint density at radius 2 is 0.655 bits per heavy atom. The molecule has 4 aromatic carbocycles. The zero-order chi connectivity index (χ0) is 39.9. The molecule has 0 saturated carbocycles. The van der Waals surface area contributed by atoms with Crippen LogP contribution in [0, 0.1) is 13.8 Å². The van der Waals surface area contributed by atoms with E-state index in [1.54, 1.807) is 24.3 Å². The minimum atomic E-state index is -0.398. The van der Waals surface area contributed by atoms with E-state index in [0.29, 0.717) is 11.1 Å². The molecule has 2 aliphatic rings. The van der Waals surface area contributed by atoms with Gasteiger partial charge >= 0.3 is 11.9 Å². The molecule has 3 aromatic heterocycles. The summed E-state index contributed by atoms with van der Waals surface area (Å²) in [6, 6.07) is 40.1. The number of carbonyl (C=O) groups is 2. The van der Waals surface area contributed by atoms with E-state index in [1.807, 2.05) is 36.4 Å². The van der Waals surface area contributed by atoms with Crippen LogP contribution in [0.2, 0.25) is 0 Å². The van der Waals surface area contributed by atoms with Crippen LogP contribution in [-0.4, -0.2) is 46.1 Å². The third kappa shape index (κ3) is 6.60. The van der Waals surface area contributed by atoms with Crippen LogP contribution in [0.15, 0.2) is 121 Å². The molecule has 8 bridgehead atoms. The number of benzene rings is 4. The molecule has 2 aliphatic heterocycles. The molecule has 8 heteroatoms. The summed E-state index contributed by atoms with van der Waals surface area (Å²) in [5.41, 5.74) is 17.2. The fourth-order valence-electron chi connectivity index (χ4n) is 7.64. The van der Waals surface area contributed by atoms with Gasteiger partial charge in [-0.1, -0.05) is 83.9 Å². The van der Waals surface area contributed by atoms with Gasteiger partial charge in [-0.05, 0) is 109 Å². The van der Waals surface area contributed by atoms with Crippen molar-refractivity contribution >= 4 is 58.3 Å². The number of aryl methyl sites for hydroxylation is 2. The molecule has 5 heterocycles. The summed E-state index contributed by atoms with van der Waals surface area (Å²) in [6.07, 6.45) is 8.21. The molecule has 0 amide bonds. The van der Waals surface area contributed by atoms with Crippen molar-refractivity contribution in [3.8, 4) is 44.5 Å². The highest BCUT2D eigenvalue weighted by atomic mass is 16.5. The number of ether oxygens (including phenoxy) is 2. The van der Waals surface area contributed by atoms with Gasteiger partial charge in [-0.3, -0.25) is 0 Å². The quantitative estimate of drug-likeness (QED) is 0.163. The number of carbonyl (C=O) groups excluding carboxylic acids is 2. The molecule has 0 unspecified atom stereocenters. The molecule has 0 fully saturated rings. The van der Waals surface area contributed by atoms with Gasteiger partial charge in [0.2, 0.25) is 0 Å². The molecule has 0 spiro atoms. The van der Waals surface area contributed by atoms with Crippen molar-refractivity contribution in [3.63, 3.8) is 0 Å². The van der Waals surface area contributed by atoms with E-state index in [4.69, 9.17) is 19.4 Å². The average Bonchev–Trinajstić information content (AvgIpc) is 4.10. The Labute approximate surface area is 335 Å². The van der Waals surface area contributed by atoms with Crippen LogP contribution in [-0.2, 0) is 9.47 Å². The van der Waals surface area contributed by atoms with Crippen LogP contribution in [0.4, 0.5) is 0 Å². The van der Waals surface area contributed by atoms with E-state index < -0.39 is 11.9 Å². The summed E-state index contributed by atoms with van der Waals surface area (Å²) < 4.78 is 10.00. The number of rotatable bonds is 6. The first-order chi connectivity index (χ1) is 28.3. The van der Waals surface area contributed by atoms with Crippen molar-refractivity contribution < 1.29 is 19.1 Å². The second kappa shape index (κ2) is 14.8. The van der Waals surface area contributed by atoms with E-state index in [9.17, 15) is 9.59 Å². The second-order valence-corrected chi connectivity index (χ2v) is 14.4.